The average Bonchev–Trinajstić information content (AvgIpc) is 1.61. The molecule has 0 saturated carbocycles. The van der Waals surface area contributed by atoms with Gasteiger partial charge in [-0.3, -0.25) is 0 Å². The van der Waals surface area contributed by atoms with E-state index in [1.54, 1.807) is 0 Å². The second-order valence-electron chi connectivity index (χ2n) is 1.28. The minimum Gasteiger partial charge on any atom is -0.358 e. The van der Waals surface area contributed by atoms with Crippen molar-refractivity contribution in [2.45, 2.75) is 13.8 Å². The number of hydrogen-bond acceptors (Lipinski definition) is 0. The molecular weight excluding hydrogens is 221 g/mol. The van der Waals surface area contributed by atoms with Crippen molar-refractivity contribution in [1.82, 2.24) is 0 Å². The molecule has 0 aliphatic rings. The largest absolute Gasteiger partial charge is 0.358 e. The van der Waals surface area contributed by atoms with Crippen molar-refractivity contribution in [2.24, 2.45) is 0 Å². The van der Waals surface area contributed by atoms with Crippen molar-refractivity contribution in [2.75, 3.05) is 0 Å². The topological polar surface area (TPSA) is 0 Å². The van der Waals surface area contributed by atoms with Crippen molar-refractivity contribution in [1.29, 1.82) is 0 Å². The molecule has 0 atom stereocenters. The van der Waals surface area contributed by atoms with Crippen LogP contribution in [0.5, 0.6) is 0 Å². The van der Waals surface area contributed by atoms with Crippen LogP contribution in [0.25, 0.3) is 0 Å². The zero-order valence-corrected chi connectivity index (χ0v) is 8.73. The molecule has 0 unspecified atom stereocenters. The summed E-state index contributed by atoms with van der Waals surface area (Å²) in [6, 6.07) is 0. The van der Waals surface area contributed by atoms with E-state index in [0.29, 0.717) is 0 Å². The molecule has 0 aromatic carbocycles. The molecular formula is C7H12ClRu-2. The van der Waals surface area contributed by atoms with Crippen LogP contribution in [-0.2, 0) is 15.7 Å². The van der Waals surface area contributed by atoms with Crippen LogP contribution in [-0.4, -0.2) is 4.26 Å². The van der Waals surface area contributed by atoms with Gasteiger partial charge >= 0.3 is 54.8 Å². The molecule has 0 aromatic heterocycles. The normalized spacial score (nSPS) is 5.22. The predicted molar refractivity (Wildman–Crippen MR) is 42.1 cm³/mol. The summed E-state index contributed by atoms with van der Waals surface area (Å²) in [4.78, 5) is 0. The van der Waals surface area contributed by atoms with E-state index in [-0.39, 0.29) is 30.5 Å². The van der Waals surface area contributed by atoms with Gasteiger partial charge in [-0.05, 0) is 0 Å². The summed E-state index contributed by atoms with van der Waals surface area (Å²) in [5.41, 5.74) is 4.00. The summed E-state index contributed by atoms with van der Waals surface area (Å²) < 4.78 is 2.82. The SMILES string of the molecule is CC(C)=C=[C]=[Ru][Cl].[CH3-].[CH3-]. The Morgan fingerprint density at radius 3 is 1.89 bits per heavy atom. The van der Waals surface area contributed by atoms with Crippen molar-refractivity contribution in [3.05, 3.63) is 26.2 Å². The molecule has 0 saturated heterocycles. The van der Waals surface area contributed by atoms with Gasteiger partial charge in [0, 0.05) is 0 Å². The predicted octanol–water partition coefficient (Wildman–Crippen LogP) is 2.65. The van der Waals surface area contributed by atoms with Gasteiger partial charge < -0.3 is 14.9 Å². The van der Waals surface area contributed by atoms with Crippen LogP contribution in [0.15, 0.2) is 11.3 Å². The van der Waals surface area contributed by atoms with Gasteiger partial charge in [0.1, 0.15) is 0 Å². The molecule has 0 fully saturated rings. The summed E-state index contributed by atoms with van der Waals surface area (Å²) >= 11 is -0.196. The Balaban J connectivity index is -0.000000180. The Morgan fingerprint density at radius 1 is 1.33 bits per heavy atom. The molecule has 0 spiro atoms. The molecule has 0 heterocycles. The summed E-state index contributed by atoms with van der Waals surface area (Å²) in [6.07, 6.45) is 0. The molecule has 0 aliphatic heterocycles. The van der Waals surface area contributed by atoms with Gasteiger partial charge in [-0.1, -0.05) is 0 Å². The Bertz CT molecular complexity index is 133. The minimum absolute atomic E-state index is 0. The summed E-state index contributed by atoms with van der Waals surface area (Å²) in [7, 11) is 5.35. The zero-order valence-electron chi connectivity index (χ0n) is 6.23. The maximum atomic E-state index is 5.35. The van der Waals surface area contributed by atoms with Crippen molar-refractivity contribution < 1.29 is 15.7 Å². The van der Waals surface area contributed by atoms with Crippen LogP contribution < -0.4 is 0 Å². The van der Waals surface area contributed by atoms with E-state index in [2.05, 4.69) is 10.00 Å². The molecule has 0 bridgehead atoms. The van der Waals surface area contributed by atoms with E-state index < -0.39 is 0 Å². The first-order valence-corrected chi connectivity index (χ1v) is 4.92. The maximum absolute atomic E-state index is 5.35. The zero-order chi connectivity index (χ0) is 5.70. The van der Waals surface area contributed by atoms with Crippen molar-refractivity contribution in [3.8, 4) is 0 Å². The van der Waals surface area contributed by atoms with Gasteiger partial charge in [0.05, 0.1) is 0 Å². The number of rotatable bonds is 0. The van der Waals surface area contributed by atoms with E-state index in [1.165, 1.54) is 0 Å². The molecule has 0 nitrogen and oxygen atoms in total. The standard InChI is InChI=1S/C5H6.2CH3.ClH.Ru/c1-4-5(2)3;;;;/h2-3H3;2*1H3;1H;/q;2*-1;;+1/p-1. The van der Waals surface area contributed by atoms with Crippen LogP contribution in [0.1, 0.15) is 13.8 Å². The van der Waals surface area contributed by atoms with Crippen molar-refractivity contribution in [3.63, 3.8) is 0 Å². The quantitative estimate of drug-likeness (QED) is 0.342. The molecule has 0 rings (SSSR count). The van der Waals surface area contributed by atoms with Crippen molar-refractivity contribution >= 4 is 14.0 Å². The first-order valence-electron chi connectivity index (χ1n) is 1.81. The third-order valence-corrected chi connectivity index (χ3v) is 1.10. The van der Waals surface area contributed by atoms with E-state index >= 15 is 0 Å². The minimum atomic E-state index is -0.196. The Hall–Kier alpha value is 0.343. The molecule has 9 heavy (non-hydrogen) atoms. The summed E-state index contributed by atoms with van der Waals surface area (Å²) in [6.45, 7) is 3.94. The smallest absolute Gasteiger partial charge is 0.358 e. The Labute approximate surface area is 69.8 Å². The average molecular weight is 233 g/mol. The van der Waals surface area contributed by atoms with Gasteiger partial charge in [-0.15, -0.1) is 0 Å². The fourth-order valence-electron chi connectivity index (χ4n) is 0.105. The van der Waals surface area contributed by atoms with Gasteiger partial charge in [0.25, 0.3) is 0 Å². The molecule has 0 aromatic rings. The van der Waals surface area contributed by atoms with Crippen LogP contribution >= 0.6 is 9.69 Å². The third-order valence-electron chi connectivity index (χ3n) is 0.328. The number of hydrogen-bond donors (Lipinski definition) is 0. The Kier molecular flexibility index (Phi) is 20.1. The molecule has 57 valence electrons. The van der Waals surface area contributed by atoms with Crippen LogP contribution in [0.2, 0.25) is 0 Å². The van der Waals surface area contributed by atoms with Crippen LogP contribution in [0.4, 0.5) is 0 Å². The second-order valence-corrected chi connectivity index (χ2v) is 2.83. The van der Waals surface area contributed by atoms with E-state index in [0.717, 1.165) is 5.57 Å². The fraction of sp³-hybridized carbons (Fsp3) is 0.286. The van der Waals surface area contributed by atoms with E-state index in [9.17, 15) is 0 Å². The molecule has 0 amide bonds. The van der Waals surface area contributed by atoms with Crippen LogP contribution in [0, 0.1) is 14.9 Å². The first kappa shape index (κ1) is 16.2. The monoisotopic (exact) mass is 233 g/mol. The summed E-state index contributed by atoms with van der Waals surface area (Å²) in [5, 5.41) is 0. The fourth-order valence-corrected chi connectivity index (χ4v) is 0.819. The van der Waals surface area contributed by atoms with Gasteiger partial charge in [0.2, 0.25) is 0 Å². The van der Waals surface area contributed by atoms with Gasteiger partial charge in [0.15, 0.2) is 0 Å². The van der Waals surface area contributed by atoms with Gasteiger partial charge in [-0.2, -0.15) is 0 Å². The second kappa shape index (κ2) is 11.2. The van der Waals surface area contributed by atoms with E-state index in [1.807, 2.05) is 13.8 Å². The number of allylic oxidation sites excluding steroid dienone is 1. The summed E-state index contributed by atoms with van der Waals surface area (Å²) in [5.74, 6) is 0. The van der Waals surface area contributed by atoms with Crippen LogP contribution in [0.3, 0.4) is 0 Å². The molecule has 2 heteroatoms. The molecule has 0 N–H and O–H groups in total. The molecule has 0 radical (unpaired) electrons. The Morgan fingerprint density at radius 2 is 1.78 bits per heavy atom. The number of halogens is 1. The molecule has 0 aliphatic carbocycles. The van der Waals surface area contributed by atoms with E-state index in [4.69, 9.17) is 9.69 Å². The van der Waals surface area contributed by atoms with Gasteiger partial charge in [-0.25, -0.2) is 0 Å². The maximum Gasteiger partial charge on any atom is -0.358 e. The first-order chi connectivity index (χ1) is 3.27. The third kappa shape index (κ3) is 17.8.